The lowest BCUT2D eigenvalue weighted by molar-refractivity contribution is -0.118. The molecule has 1 aromatic heterocycles. The number of nitrogens with one attached hydrogen (secondary N) is 4. The molecular weight excluding hydrogens is 336 g/mol. The first-order chi connectivity index (χ1) is 12.4. The summed E-state index contributed by atoms with van der Waals surface area (Å²) in [6.45, 7) is 3.91. The minimum Gasteiger partial charge on any atom is -0.340 e. The van der Waals surface area contributed by atoms with Gasteiger partial charge >= 0.3 is 0 Å². The summed E-state index contributed by atoms with van der Waals surface area (Å²) in [6.07, 6.45) is 0.207. The van der Waals surface area contributed by atoms with Gasteiger partial charge in [-0.05, 0) is 18.6 Å². The molecule has 1 atom stereocenters. The van der Waals surface area contributed by atoms with Gasteiger partial charge < -0.3 is 10.6 Å². The minimum absolute atomic E-state index is 0.0419. The maximum Gasteiger partial charge on any atom is 0.254 e. The van der Waals surface area contributed by atoms with Crippen LogP contribution in [0.2, 0.25) is 0 Å². The molecule has 1 aliphatic rings. The van der Waals surface area contributed by atoms with Crippen LogP contribution < -0.4 is 16.0 Å². The zero-order chi connectivity index (χ0) is 18.7. The van der Waals surface area contributed by atoms with Gasteiger partial charge in [-0.3, -0.25) is 24.8 Å². The van der Waals surface area contributed by atoms with Crippen molar-refractivity contribution < 1.29 is 14.4 Å². The molecule has 9 heteroatoms. The van der Waals surface area contributed by atoms with Crippen molar-refractivity contribution in [1.29, 1.82) is 0 Å². The van der Waals surface area contributed by atoms with Crippen molar-refractivity contribution in [3.05, 3.63) is 35.7 Å². The number of carbonyl (C=O) groups excluding carboxylic acids is 3. The number of carbonyl (C=O) groups is 3. The highest BCUT2D eigenvalue weighted by molar-refractivity contribution is 6.09. The van der Waals surface area contributed by atoms with E-state index in [4.69, 9.17) is 0 Å². The van der Waals surface area contributed by atoms with Gasteiger partial charge in [0, 0.05) is 12.3 Å². The number of anilines is 2. The third-order valence-electron chi connectivity index (χ3n) is 4.01. The highest BCUT2D eigenvalue weighted by Gasteiger charge is 2.27. The van der Waals surface area contributed by atoms with Crippen LogP contribution in [-0.2, 0) is 9.59 Å². The quantitative estimate of drug-likeness (QED) is 0.643. The summed E-state index contributed by atoms with van der Waals surface area (Å²) in [5, 5.41) is 14.6. The molecule has 4 N–H and O–H groups in total. The second-order valence-corrected chi connectivity index (χ2v) is 6.35. The first-order valence-corrected chi connectivity index (χ1v) is 8.37. The van der Waals surface area contributed by atoms with Crippen molar-refractivity contribution in [1.82, 2.24) is 20.5 Å². The van der Waals surface area contributed by atoms with Crippen molar-refractivity contribution in [2.45, 2.75) is 38.6 Å². The molecule has 0 radical (unpaired) electrons. The molecule has 1 unspecified atom stereocenters. The fraction of sp³-hybridized carbons (Fsp3) is 0.353. The Kier molecular flexibility index (Phi) is 4.97. The molecule has 0 spiro atoms. The fourth-order valence-electron chi connectivity index (χ4n) is 2.57. The van der Waals surface area contributed by atoms with E-state index in [1.54, 1.807) is 24.3 Å². The second-order valence-electron chi connectivity index (χ2n) is 6.35. The number of amides is 3. The van der Waals surface area contributed by atoms with Gasteiger partial charge in [0.15, 0.2) is 0 Å². The molecule has 26 heavy (non-hydrogen) atoms. The number of rotatable bonds is 5. The standard InChI is InChI=1S/C17H20N6O3/c1-9(2)14-21-17(23-22-14)20-13(24)8-7-12-16(26)18-11-6-4-3-5-10(11)15(25)19-12/h3-6,9,12H,7-8H2,1-2H3,(H,18,26)(H,19,25)(H2,20,21,22,23,24). The Balaban J connectivity index is 1.58. The number of aromatic amines is 1. The van der Waals surface area contributed by atoms with Crippen LogP contribution >= 0.6 is 0 Å². The molecule has 0 aliphatic carbocycles. The van der Waals surface area contributed by atoms with Crippen LogP contribution in [0.5, 0.6) is 0 Å². The molecule has 0 saturated heterocycles. The van der Waals surface area contributed by atoms with Gasteiger partial charge in [-0.2, -0.15) is 4.98 Å². The SMILES string of the molecule is CC(C)c1nc(NC(=O)CCC2NC(=O)c3ccccc3NC2=O)n[nH]1. The Morgan fingerprint density at radius 1 is 1.27 bits per heavy atom. The fourth-order valence-corrected chi connectivity index (χ4v) is 2.57. The van der Waals surface area contributed by atoms with Gasteiger partial charge in [-0.1, -0.05) is 26.0 Å². The number of benzene rings is 1. The van der Waals surface area contributed by atoms with Crippen molar-refractivity contribution in [2.24, 2.45) is 0 Å². The highest BCUT2D eigenvalue weighted by Crippen LogP contribution is 2.19. The maximum atomic E-state index is 12.3. The lowest BCUT2D eigenvalue weighted by Crippen LogP contribution is -2.41. The topological polar surface area (TPSA) is 129 Å². The van der Waals surface area contributed by atoms with Crippen molar-refractivity contribution in [2.75, 3.05) is 10.6 Å². The molecule has 136 valence electrons. The third kappa shape index (κ3) is 3.88. The monoisotopic (exact) mass is 356 g/mol. The summed E-state index contributed by atoms with van der Waals surface area (Å²) >= 11 is 0. The van der Waals surface area contributed by atoms with Gasteiger partial charge in [0.2, 0.25) is 17.8 Å². The van der Waals surface area contributed by atoms with Gasteiger partial charge in [-0.25, -0.2) is 0 Å². The summed E-state index contributed by atoms with van der Waals surface area (Å²) in [5.41, 5.74) is 0.860. The molecule has 9 nitrogen and oxygen atoms in total. The van der Waals surface area contributed by atoms with E-state index in [2.05, 4.69) is 31.1 Å². The lowest BCUT2D eigenvalue weighted by Gasteiger charge is -2.13. The van der Waals surface area contributed by atoms with Crippen LogP contribution in [-0.4, -0.2) is 38.9 Å². The molecular formula is C17H20N6O3. The summed E-state index contributed by atoms with van der Waals surface area (Å²) in [7, 11) is 0. The summed E-state index contributed by atoms with van der Waals surface area (Å²) in [5.74, 6) is 0.00715. The van der Waals surface area contributed by atoms with Gasteiger partial charge in [-0.15, -0.1) is 5.10 Å². The van der Waals surface area contributed by atoms with Crippen LogP contribution in [0.4, 0.5) is 11.6 Å². The molecule has 3 rings (SSSR count). The lowest BCUT2D eigenvalue weighted by atomic mass is 10.1. The van der Waals surface area contributed by atoms with E-state index < -0.39 is 6.04 Å². The Hall–Kier alpha value is -3.23. The Labute approximate surface area is 150 Å². The van der Waals surface area contributed by atoms with E-state index in [9.17, 15) is 14.4 Å². The Bertz CT molecular complexity index is 845. The van der Waals surface area contributed by atoms with E-state index in [1.165, 1.54) is 0 Å². The van der Waals surface area contributed by atoms with Gasteiger partial charge in [0.1, 0.15) is 11.9 Å². The van der Waals surface area contributed by atoms with Gasteiger partial charge in [0.05, 0.1) is 11.3 Å². The number of nitrogens with zero attached hydrogens (tertiary/aromatic N) is 2. The summed E-state index contributed by atoms with van der Waals surface area (Å²) in [6, 6.07) is 5.97. The number of H-pyrrole nitrogens is 1. The highest BCUT2D eigenvalue weighted by atomic mass is 16.2. The van der Waals surface area contributed by atoms with Crippen molar-refractivity contribution in [3.63, 3.8) is 0 Å². The molecule has 0 saturated carbocycles. The first-order valence-electron chi connectivity index (χ1n) is 8.37. The molecule has 3 amide bonds. The van der Waals surface area contributed by atoms with Crippen LogP contribution in [0.25, 0.3) is 0 Å². The third-order valence-corrected chi connectivity index (χ3v) is 4.01. The van der Waals surface area contributed by atoms with E-state index in [0.29, 0.717) is 17.1 Å². The smallest absolute Gasteiger partial charge is 0.254 e. The summed E-state index contributed by atoms with van der Waals surface area (Å²) in [4.78, 5) is 40.8. The molecule has 0 fully saturated rings. The zero-order valence-corrected chi connectivity index (χ0v) is 14.5. The molecule has 1 aliphatic heterocycles. The zero-order valence-electron chi connectivity index (χ0n) is 14.5. The predicted molar refractivity (Wildman–Crippen MR) is 94.7 cm³/mol. The number of fused-ring (bicyclic) bond motifs is 1. The van der Waals surface area contributed by atoms with Crippen LogP contribution in [0, 0.1) is 0 Å². The summed E-state index contributed by atoms with van der Waals surface area (Å²) < 4.78 is 0. The first kappa shape index (κ1) is 17.6. The molecule has 2 heterocycles. The van der Waals surface area contributed by atoms with Crippen LogP contribution in [0.15, 0.2) is 24.3 Å². The van der Waals surface area contributed by atoms with Crippen molar-refractivity contribution in [3.8, 4) is 0 Å². The predicted octanol–water partition coefficient (Wildman–Crippen LogP) is 1.40. The Morgan fingerprint density at radius 2 is 2.04 bits per heavy atom. The normalized spacial score (nSPS) is 16.5. The average molecular weight is 356 g/mol. The van der Waals surface area contributed by atoms with Crippen LogP contribution in [0.3, 0.4) is 0 Å². The second kappa shape index (κ2) is 7.34. The van der Waals surface area contributed by atoms with E-state index >= 15 is 0 Å². The molecule has 1 aromatic carbocycles. The number of hydrogen-bond acceptors (Lipinski definition) is 5. The molecule has 0 bridgehead atoms. The minimum atomic E-state index is -0.793. The number of hydrogen-bond donors (Lipinski definition) is 4. The van der Waals surface area contributed by atoms with E-state index in [-0.39, 0.29) is 42.4 Å². The maximum absolute atomic E-state index is 12.3. The molecule has 2 aromatic rings. The number of aromatic nitrogens is 3. The van der Waals surface area contributed by atoms with Crippen LogP contribution in [0.1, 0.15) is 48.8 Å². The van der Waals surface area contributed by atoms with E-state index in [1.807, 2.05) is 13.8 Å². The van der Waals surface area contributed by atoms with Crippen molar-refractivity contribution >= 4 is 29.4 Å². The van der Waals surface area contributed by atoms with E-state index in [0.717, 1.165) is 0 Å². The average Bonchev–Trinajstić information content (AvgIpc) is 3.02. The largest absolute Gasteiger partial charge is 0.340 e. The number of para-hydroxylation sites is 1. The van der Waals surface area contributed by atoms with Gasteiger partial charge in [0.25, 0.3) is 5.91 Å². The Morgan fingerprint density at radius 3 is 2.77 bits per heavy atom.